The average Bonchev–Trinajstić information content (AvgIpc) is 3.59. The van der Waals surface area contributed by atoms with E-state index >= 15 is 0 Å². The lowest BCUT2D eigenvalue weighted by Gasteiger charge is -2.42. The van der Waals surface area contributed by atoms with Gasteiger partial charge in [0.05, 0.1) is 11.0 Å². The number of nitrogens with zero attached hydrogens (tertiary/aromatic N) is 4. The Morgan fingerprint density at radius 2 is 1.19 bits per heavy atom. The van der Waals surface area contributed by atoms with Gasteiger partial charge in [-0.1, -0.05) is 149 Å². The molecule has 1 unspecified atom stereocenters. The monoisotopic (exact) mass is 736 g/mol. The van der Waals surface area contributed by atoms with E-state index in [1.807, 2.05) is 6.07 Å². The van der Waals surface area contributed by atoms with Crippen LogP contribution in [0.2, 0.25) is 0 Å². The highest BCUT2D eigenvalue weighted by molar-refractivity contribution is 6.21. The van der Waals surface area contributed by atoms with Crippen LogP contribution in [0.3, 0.4) is 0 Å². The molecule has 9 aromatic rings. The Morgan fingerprint density at radius 3 is 1.98 bits per heavy atom. The highest BCUT2D eigenvalue weighted by Gasteiger charge is 2.38. The first kappa shape index (κ1) is 33.9. The van der Waals surface area contributed by atoms with Gasteiger partial charge in [-0.3, -0.25) is 0 Å². The van der Waals surface area contributed by atoms with Crippen molar-refractivity contribution in [2.24, 2.45) is 0 Å². The fourth-order valence-electron chi connectivity index (χ4n) is 9.73. The summed E-state index contributed by atoms with van der Waals surface area (Å²) in [6, 6.07) is 50.7. The zero-order chi connectivity index (χ0) is 38.5. The number of hydrogen-bond acceptors (Lipinski definition) is 3. The summed E-state index contributed by atoms with van der Waals surface area (Å²) in [4.78, 5) is 15.7. The van der Waals surface area contributed by atoms with Crippen molar-refractivity contribution in [3.63, 3.8) is 0 Å². The third-order valence-electron chi connectivity index (χ3n) is 13.0. The van der Waals surface area contributed by atoms with E-state index in [1.165, 1.54) is 78.4 Å². The smallest absolute Gasteiger partial charge is 0.163 e. The van der Waals surface area contributed by atoms with Gasteiger partial charge in [0.15, 0.2) is 11.6 Å². The van der Waals surface area contributed by atoms with Crippen LogP contribution >= 0.6 is 0 Å². The van der Waals surface area contributed by atoms with Crippen LogP contribution in [0.15, 0.2) is 146 Å². The molecule has 0 spiro atoms. The fourth-order valence-corrected chi connectivity index (χ4v) is 9.73. The van der Waals surface area contributed by atoms with Crippen LogP contribution < -0.4 is 0 Å². The maximum Gasteiger partial charge on any atom is 0.163 e. The number of rotatable bonds is 4. The van der Waals surface area contributed by atoms with Crippen molar-refractivity contribution in [3.05, 3.63) is 174 Å². The quantitative estimate of drug-likeness (QED) is 0.181. The molecule has 0 amide bonds. The minimum atomic E-state index is 0.0140. The van der Waals surface area contributed by atoms with E-state index in [0.717, 1.165) is 29.1 Å². The van der Waals surface area contributed by atoms with E-state index in [1.54, 1.807) is 0 Å². The van der Waals surface area contributed by atoms with Crippen LogP contribution in [0.25, 0.3) is 77.9 Å². The summed E-state index contributed by atoms with van der Waals surface area (Å²) >= 11 is 0. The molecular weight excluding hydrogens is 693 g/mol. The van der Waals surface area contributed by atoms with Crippen molar-refractivity contribution < 1.29 is 0 Å². The molecule has 2 aliphatic rings. The van der Waals surface area contributed by atoms with Gasteiger partial charge < -0.3 is 4.57 Å². The molecule has 57 heavy (non-hydrogen) atoms. The second kappa shape index (κ2) is 12.6. The Balaban J connectivity index is 1.11. The van der Waals surface area contributed by atoms with Crippen LogP contribution in [0.4, 0.5) is 0 Å². The molecule has 0 aliphatic heterocycles. The molecule has 0 N–H and O–H groups in total. The molecule has 7 aromatic carbocycles. The highest BCUT2D eigenvalue weighted by atomic mass is 15.0. The zero-order valence-corrected chi connectivity index (χ0v) is 32.9. The Kier molecular flexibility index (Phi) is 7.47. The van der Waals surface area contributed by atoms with Crippen molar-refractivity contribution in [2.45, 2.75) is 63.7 Å². The van der Waals surface area contributed by atoms with E-state index in [9.17, 15) is 0 Å². The molecule has 0 saturated carbocycles. The van der Waals surface area contributed by atoms with E-state index in [-0.39, 0.29) is 16.7 Å². The number of hydrogen-bond donors (Lipinski definition) is 0. The van der Waals surface area contributed by atoms with Crippen LogP contribution in [0.1, 0.15) is 74.5 Å². The molecule has 4 heteroatoms. The second-order valence-corrected chi connectivity index (χ2v) is 17.5. The Bertz CT molecular complexity index is 3110. The number of fused-ring (bicyclic) bond motifs is 9. The molecule has 11 rings (SSSR count). The summed E-state index contributed by atoms with van der Waals surface area (Å²) in [5.41, 5.74) is 11.2. The summed E-state index contributed by atoms with van der Waals surface area (Å²) in [5.74, 6) is 2.18. The summed E-state index contributed by atoms with van der Waals surface area (Å²) in [6.45, 7) is 9.68. The average molecular weight is 737 g/mol. The first-order valence-electron chi connectivity index (χ1n) is 20.3. The topological polar surface area (TPSA) is 43.6 Å². The third kappa shape index (κ3) is 5.45. The van der Waals surface area contributed by atoms with Crippen LogP contribution in [-0.2, 0) is 17.3 Å². The van der Waals surface area contributed by atoms with Crippen molar-refractivity contribution in [1.82, 2.24) is 19.5 Å². The third-order valence-corrected chi connectivity index (χ3v) is 13.0. The molecule has 2 aliphatic carbocycles. The van der Waals surface area contributed by atoms with Gasteiger partial charge in [0.25, 0.3) is 0 Å². The zero-order valence-electron chi connectivity index (χ0n) is 32.9. The highest BCUT2D eigenvalue weighted by Crippen LogP contribution is 2.49. The molecule has 0 radical (unpaired) electrons. The number of allylic oxidation sites excluding steroid dienone is 1. The standard InChI is InChI=1S/C53H44N4/c1-52(2)27-28-53(3,4)45-32-47-43(31-44(45)52)48-41-20-11-9-14-34(41)25-26-46(48)57(47)39-18-12-17-37(29-39)50-54-49(36-15-6-5-7-16-36)55-51(56-50)38-24-23-35-22-21-33-13-8-10-19-40(33)42(35)30-38/h5-26,29,31-32,38H,27-28,30H2,1-4H3. The fraction of sp³-hybridized carbons (Fsp3) is 0.189. The Labute approximate surface area is 333 Å². The molecule has 2 aromatic heterocycles. The number of benzene rings is 7. The lowest BCUT2D eigenvalue weighted by atomic mass is 9.63. The van der Waals surface area contributed by atoms with Crippen molar-refractivity contribution in [1.29, 1.82) is 0 Å². The molecule has 276 valence electrons. The molecular formula is C53H44N4. The predicted molar refractivity (Wildman–Crippen MR) is 237 cm³/mol. The van der Waals surface area contributed by atoms with E-state index in [4.69, 9.17) is 15.0 Å². The summed E-state index contributed by atoms with van der Waals surface area (Å²) < 4.78 is 2.48. The predicted octanol–water partition coefficient (Wildman–Crippen LogP) is 13.3. The summed E-state index contributed by atoms with van der Waals surface area (Å²) in [5, 5.41) is 7.71. The molecule has 0 saturated heterocycles. The molecule has 1 atom stereocenters. The van der Waals surface area contributed by atoms with Gasteiger partial charge in [-0.05, 0) is 104 Å². The van der Waals surface area contributed by atoms with Crippen LogP contribution in [0, 0.1) is 0 Å². The van der Waals surface area contributed by atoms with Gasteiger partial charge in [-0.25, -0.2) is 15.0 Å². The molecule has 0 bridgehead atoms. The van der Waals surface area contributed by atoms with Gasteiger partial charge in [0, 0.05) is 33.5 Å². The van der Waals surface area contributed by atoms with Crippen molar-refractivity contribution >= 4 is 49.4 Å². The Morgan fingerprint density at radius 1 is 0.544 bits per heavy atom. The van der Waals surface area contributed by atoms with Crippen molar-refractivity contribution in [2.75, 3.05) is 0 Å². The van der Waals surface area contributed by atoms with E-state index < -0.39 is 0 Å². The normalized spacial score (nSPS) is 16.9. The van der Waals surface area contributed by atoms with Crippen LogP contribution in [0.5, 0.6) is 0 Å². The lowest BCUT2D eigenvalue weighted by molar-refractivity contribution is 0.332. The summed E-state index contributed by atoms with van der Waals surface area (Å²) in [6.07, 6.45) is 7.69. The summed E-state index contributed by atoms with van der Waals surface area (Å²) in [7, 11) is 0. The first-order valence-corrected chi connectivity index (χ1v) is 20.3. The second-order valence-electron chi connectivity index (χ2n) is 17.5. The van der Waals surface area contributed by atoms with E-state index in [2.05, 4.69) is 178 Å². The maximum atomic E-state index is 5.30. The largest absolute Gasteiger partial charge is 0.309 e. The van der Waals surface area contributed by atoms with Crippen molar-refractivity contribution in [3.8, 4) is 28.5 Å². The minimum Gasteiger partial charge on any atom is -0.309 e. The molecule has 2 heterocycles. The minimum absolute atomic E-state index is 0.0140. The Hall–Kier alpha value is -6.39. The van der Waals surface area contributed by atoms with Gasteiger partial charge in [-0.15, -0.1) is 0 Å². The van der Waals surface area contributed by atoms with Gasteiger partial charge in [-0.2, -0.15) is 0 Å². The van der Waals surface area contributed by atoms with Crippen LogP contribution in [-0.4, -0.2) is 19.5 Å². The SMILES string of the molecule is CC1(C)CCC(C)(C)c2cc3c(cc21)c1c2ccccc2ccc1n3-c1cccc(-c2nc(-c3ccccc3)nc(C3C=Cc4ccc5ccccc5c4C3)n2)c1. The maximum absolute atomic E-state index is 5.30. The first-order chi connectivity index (χ1) is 27.7. The van der Waals surface area contributed by atoms with E-state index in [0.29, 0.717) is 11.6 Å². The van der Waals surface area contributed by atoms with Gasteiger partial charge in [0.2, 0.25) is 0 Å². The lowest BCUT2D eigenvalue weighted by Crippen LogP contribution is -2.33. The van der Waals surface area contributed by atoms with Gasteiger partial charge >= 0.3 is 0 Å². The molecule has 0 fully saturated rings. The van der Waals surface area contributed by atoms with Gasteiger partial charge in [0.1, 0.15) is 5.82 Å². The molecule has 4 nitrogen and oxygen atoms in total. The number of aromatic nitrogens is 4.